The maximum atomic E-state index is 13.0. The van der Waals surface area contributed by atoms with Gasteiger partial charge in [0.15, 0.2) is 0 Å². The number of esters is 1. The van der Waals surface area contributed by atoms with Crippen LogP contribution in [0.1, 0.15) is 29.2 Å². The number of hydrogen-bond acceptors (Lipinski definition) is 7. The number of morpholine rings is 1. The van der Waals surface area contributed by atoms with Crippen LogP contribution in [0.4, 0.5) is 0 Å². The molecule has 2 heterocycles. The van der Waals surface area contributed by atoms with Gasteiger partial charge in [0.25, 0.3) is 0 Å². The van der Waals surface area contributed by atoms with Crippen molar-refractivity contribution in [1.29, 1.82) is 0 Å². The van der Waals surface area contributed by atoms with E-state index >= 15 is 0 Å². The summed E-state index contributed by atoms with van der Waals surface area (Å²) in [6, 6.07) is 13.6. The first-order valence-electron chi connectivity index (χ1n) is 9.60. The molecule has 0 bridgehead atoms. The molecule has 0 unspecified atom stereocenters. The molecule has 0 N–H and O–H groups in total. The number of carbonyl (C=O) groups excluding carboxylic acids is 1. The van der Waals surface area contributed by atoms with Gasteiger partial charge in [-0.25, -0.2) is 18.2 Å². The van der Waals surface area contributed by atoms with Gasteiger partial charge in [0.2, 0.25) is 10.0 Å². The fourth-order valence-corrected chi connectivity index (χ4v) is 5.97. The molecule has 0 spiro atoms. The van der Waals surface area contributed by atoms with E-state index in [9.17, 15) is 13.2 Å². The summed E-state index contributed by atoms with van der Waals surface area (Å²) < 4.78 is 39.5. The van der Waals surface area contributed by atoms with E-state index in [-0.39, 0.29) is 42.4 Å². The summed E-state index contributed by atoms with van der Waals surface area (Å²) in [5.74, 6) is -0.588. The van der Waals surface area contributed by atoms with Crippen LogP contribution < -0.4 is 0 Å². The Morgan fingerprint density at radius 3 is 2.63 bits per heavy atom. The highest BCUT2D eigenvalue weighted by atomic mass is 32.2. The molecule has 0 saturated carbocycles. The van der Waals surface area contributed by atoms with Crippen molar-refractivity contribution < 1.29 is 22.7 Å². The number of carbonyl (C=O) groups is 1. The number of nitrogens with zero attached hydrogens (tertiary/aromatic N) is 2. The van der Waals surface area contributed by atoms with Gasteiger partial charge in [-0.3, -0.25) is 0 Å². The predicted octanol–water partition coefficient (Wildman–Crippen LogP) is 3.45. The highest BCUT2D eigenvalue weighted by Gasteiger charge is 2.32. The molecule has 158 valence electrons. The second-order valence-electron chi connectivity index (χ2n) is 7.26. The first-order valence-corrected chi connectivity index (χ1v) is 11.9. The van der Waals surface area contributed by atoms with Crippen LogP contribution in [0.15, 0.2) is 53.4 Å². The molecular formula is C21H22N2O5S2. The molecule has 1 aromatic heterocycles. The molecule has 0 aliphatic carbocycles. The van der Waals surface area contributed by atoms with Crippen molar-refractivity contribution in [2.24, 2.45) is 0 Å². The van der Waals surface area contributed by atoms with Gasteiger partial charge in [0.1, 0.15) is 11.6 Å². The molecule has 2 aromatic carbocycles. The zero-order valence-corrected chi connectivity index (χ0v) is 18.3. The van der Waals surface area contributed by atoms with Gasteiger partial charge >= 0.3 is 5.97 Å². The molecule has 1 fully saturated rings. The summed E-state index contributed by atoms with van der Waals surface area (Å²) in [6.45, 7) is 4.27. The number of aromatic nitrogens is 1. The molecule has 9 heteroatoms. The quantitative estimate of drug-likeness (QED) is 0.558. The highest BCUT2D eigenvalue weighted by molar-refractivity contribution is 7.89. The second kappa shape index (κ2) is 8.43. The molecule has 7 nitrogen and oxygen atoms in total. The Balaban J connectivity index is 1.48. The first kappa shape index (κ1) is 20.9. The lowest BCUT2D eigenvalue weighted by Gasteiger charge is -2.34. The van der Waals surface area contributed by atoms with Crippen LogP contribution in [-0.2, 0) is 26.1 Å². The number of hydrogen-bond donors (Lipinski definition) is 0. The number of ether oxygens (including phenoxy) is 2. The zero-order valence-electron chi connectivity index (χ0n) is 16.6. The Morgan fingerprint density at radius 1 is 1.17 bits per heavy atom. The van der Waals surface area contributed by atoms with E-state index in [4.69, 9.17) is 9.47 Å². The lowest BCUT2D eigenvalue weighted by molar-refractivity contribution is -0.0440. The van der Waals surface area contributed by atoms with Crippen LogP contribution in [-0.4, -0.2) is 49.0 Å². The third-order valence-electron chi connectivity index (χ3n) is 4.76. The minimum absolute atomic E-state index is 0.0354. The maximum Gasteiger partial charge on any atom is 0.338 e. The van der Waals surface area contributed by atoms with E-state index < -0.39 is 16.0 Å². The summed E-state index contributed by atoms with van der Waals surface area (Å²) in [6.07, 6.45) is -0.379. The predicted molar refractivity (Wildman–Crippen MR) is 114 cm³/mol. The van der Waals surface area contributed by atoms with E-state index in [0.29, 0.717) is 5.01 Å². The van der Waals surface area contributed by atoms with Gasteiger partial charge < -0.3 is 9.47 Å². The number of para-hydroxylation sites is 1. The van der Waals surface area contributed by atoms with Crippen LogP contribution in [0.5, 0.6) is 0 Å². The van der Waals surface area contributed by atoms with Crippen molar-refractivity contribution in [3.05, 3.63) is 59.1 Å². The highest BCUT2D eigenvalue weighted by Crippen LogP contribution is 2.24. The van der Waals surface area contributed by atoms with Crippen molar-refractivity contribution in [1.82, 2.24) is 9.29 Å². The van der Waals surface area contributed by atoms with Crippen molar-refractivity contribution in [2.45, 2.75) is 37.6 Å². The van der Waals surface area contributed by atoms with Gasteiger partial charge in [0.05, 0.1) is 32.9 Å². The standard InChI is InChI=1S/C21H22N2O5S2/c1-14-11-23(12-15(2)28-14)30(25,26)17-7-5-6-16(10-17)21(24)27-13-20-22-18-8-3-4-9-19(18)29-20/h3-10,14-15H,11-13H2,1-2H3/t14-,15-/m0/s1. The Kier molecular flexibility index (Phi) is 5.88. The topological polar surface area (TPSA) is 85.8 Å². The summed E-state index contributed by atoms with van der Waals surface area (Å²) in [5, 5.41) is 0.685. The third kappa shape index (κ3) is 4.39. The first-order chi connectivity index (χ1) is 14.3. The van der Waals surface area contributed by atoms with Gasteiger partial charge in [0, 0.05) is 13.1 Å². The van der Waals surface area contributed by atoms with Gasteiger partial charge in [-0.1, -0.05) is 18.2 Å². The molecule has 0 amide bonds. The van der Waals surface area contributed by atoms with Crippen molar-refractivity contribution in [2.75, 3.05) is 13.1 Å². The molecule has 4 rings (SSSR count). The Labute approximate surface area is 179 Å². The zero-order chi connectivity index (χ0) is 21.3. The number of fused-ring (bicyclic) bond motifs is 1. The van der Waals surface area contributed by atoms with Crippen LogP contribution in [0, 0.1) is 0 Å². The Hall–Kier alpha value is -2.33. The van der Waals surface area contributed by atoms with Crippen LogP contribution in [0.2, 0.25) is 0 Å². The summed E-state index contributed by atoms with van der Waals surface area (Å²) in [7, 11) is -3.73. The van der Waals surface area contributed by atoms with E-state index in [0.717, 1.165) is 10.2 Å². The number of sulfonamides is 1. The molecule has 1 aliphatic heterocycles. The largest absolute Gasteiger partial charge is 0.455 e. The van der Waals surface area contributed by atoms with Crippen molar-refractivity contribution in [3.8, 4) is 0 Å². The third-order valence-corrected chi connectivity index (χ3v) is 7.60. The smallest absolute Gasteiger partial charge is 0.338 e. The second-order valence-corrected chi connectivity index (χ2v) is 10.3. The fraction of sp³-hybridized carbons (Fsp3) is 0.333. The van der Waals surface area contributed by atoms with Gasteiger partial charge in [-0.2, -0.15) is 4.31 Å². The van der Waals surface area contributed by atoms with E-state index in [1.54, 1.807) is 12.1 Å². The lowest BCUT2D eigenvalue weighted by atomic mass is 10.2. The van der Waals surface area contributed by atoms with Gasteiger partial charge in [-0.05, 0) is 44.2 Å². The SMILES string of the molecule is C[C@H]1CN(S(=O)(=O)c2cccc(C(=O)OCc3nc4ccccc4s3)c2)C[C@H](C)O1. The van der Waals surface area contributed by atoms with Crippen LogP contribution >= 0.6 is 11.3 Å². The molecule has 1 aliphatic rings. The van der Waals surface area contributed by atoms with Gasteiger partial charge in [-0.15, -0.1) is 11.3 Å². The maximum absolute atomic E-state index is 13.0. The molecule has 30 heavy (non-hydrogen) atoms. The summed E-state index contributed by atoms with van der Waals surface area (Å²) in [5.41, 5.74) is 1.04. The van der Waals surface area contributed by atoms with Crippen molar-refractivity contribution >= 4 is 37.5 Å². The lowest BCUT2D eigenvalue weighted by Crippen LogP contribution is -2.48. The van der Waals surface area contributed by atoms with Crippen LogP contribution in [0.25, 0.3) is 10.2 Å². The van der Waals surface area contributed by atoms with Crippen LogP contribution in [0.3, 0.4) is 0 Å². The fourth-order valence-electron chi connectivity index (χ4n) is 3.45. The van der Waals surface area contributed by atoms with E-state index in [2.05, 4.69) is 4.98 Å². The molecule has 3 aromatic rings. The summed E-state index contributed by atoms with van der Waals surface area (Å²) in [4.78, 5) is 17.0. The summed E-state index contributed by atoms with van der Waals surface area (Å²) >= 11 is 1.46. The normalized spacial score (nSPS) is 20.3. The number of benzene rings is 2. The molecular weight excluding hydrogens is 424 g/mol. The molecule has 1 saturated heterocycles. The number of rotatable bonds is 5. The Morgan fingerprint density at radius 2 is 1.90 bits per heavy atom. The van der Waals surface area contributed by atoms with Crippen molar-refractivity contribution in [3.63, 3.8) is 0 Å². The molecule has 2 atom stereocenters. The minimum atomic E-state index is -3.73. The minimum Gasteiger partial charge on any atom is -0.455 e. The average molecular weight is 447 g/mol. The Bertz CT molecular complexity index is 1130. The average Bonchev–Trinajstić information content (AvgIpc) is 3.14. The van der Waals surface area contributed by atoms with E-state index in [1.807, 2.05) is 38.1 Å². The van der Waals surface area contributed by atoms with E-state index in [1.165, 1.54) is 27.8 Å². The molecule has 0 radical (unpaired) electrons. The number of thiazole rings is 1. The monoisotopic (exact) mass is 446 g/mol.